The van der Waals surface area contributed by atoms with Gasteiger partial charge < -0.3 is 19.5 Å². The van der Waals surface area contributed by atoms with Crippen molar-refractivity contribution in [2.45, 2.75) is 46.6 Å². The summed E-state index contributed by atoms with van der Waals surface area (Å²) in [4.78, 5) is 0. The molecule has 0 aliphatic carbocycles. The second-order valence-corrected chi connectivity index (χ2v) is 8.22. The fraction of sp³-hybridized carbons (Fsp3) is 0.478. The largest absolute Gasteiger partial charge is 0.490 e. The molecule has 0 radical (unpaired) electrons. The van der Waals surface area contributed by atoms with E-state index in [9.17, 15) is 0 Å². The van der Waals surface area contributed by atoms with Crippen molar-refractivity contribution in [2.75, 3.05) is 26.9 Å². The van der Waals surface area contributed by atoms with E-state index >= 15 is 0 Å². The molecule has 4 nitrogen and oxygen atoms in total. The molecule has 2 rings (SSSR count). The Bertz CT molecular complexity index is 784. The molecule has 0 fully saturated rings. The first-order valence-electron chi connectivity index (χ1n) is 9.72. The maximum atomic E-state index is 6.43. The highest BCUT2D eigenvalue weighted by atomic mass is 35.5. The van der Waals surface area contributed by atoms with Gasteiger partial charge in [0.1, 0.15) is 19.0 Å². The Labute approximate surface area is 174 Å². The van der Waals surface area contributed by atoms with Gasteiger partial charge in [0.05, 0.1) is 11.6 Å². The summed E-state index contributed by atoms with van der Waals surface area (Å²) in [6, 6.07) is 10.2. The molecular formula is C23H32ClNO3. The van der Waals surface area contributed by atoms with Gasteiger partial charge in [0.2, 0.25) is 0 Å². The quantitative estimate of drug-likeness (QED) is 0.557. The zero-order valence-corrected chi connectivity index (χ0v) is 18.6. The standard InChI is InChI=1S/C23H32ClNO3/c1-7-26-21-14-17(15-25-6)13-19(24)22(21)28-11-10-27-20-12-16(2)8-9-18(20)23(3,4)5/h8-9,12-14,25H,7,10-11,15H2,1-6H3. The topological polar surface area (TPSA) is 39.7 Å². The molecule has 0 saturated heterocycles. The highest BCUT2D eigenvalue weighted by molar-refractivity contribution is 6.32. The predicted octanol–water partition coefficient (Wildman–Crippen LogP) is 5.52. The Kier molecular flexibility index (Phi) is 8.02. The number of benzene rings is 2. The normalized spacial score (nSPS) is 11.4. The van der Waals surface area contributed by atoms with Gasteiger partial charge in [0.25, 0.3) is 0 Å². The maximum absolute atomic E-state index is 6.43. The molecule has 154 valence electrons. The van der Waals surface area contributed by atoms with Crippen molar-refractivity contribution in [1.82, 2.24) is 5.32 Å². The average molecular weight is 406 g/mol. The van der Waals surface area contributed by atoms with Crippen LogP contribution in [0, 0.1) is 6.92 Å². The number of hydrogen-bond acceptors (Lipinski definition) is 4. The molecule has 0 spiro atoms. The maximum Gasteiger partial charge on any atom is 0.179 e. The van der Waals surface area contributed by atoms with Crippen molar-refractivity contribution in [3.8, 4) is 17.2 Å². The third-order valence-corrected chi connectivity index (χ3v) is 4.56. The summed E-state index contributed by atoms with van der Waals surface area (Å²) in [5, 5.41) is 3.66. The zero-order valence-electron chi connectivity index (χ0n) is 17.8. The fourth-order valence-corrected chi connectivity index (χ4v) is 3.28. The van der Waals surface area contributed by atoms with E-state index in [2.05, 4.69) is 51.2 Å². The first-order valence-corrected chi connectivity index (χ1v) is 10.1. The molecule has 2 aromatic rings. The minimum Gasteiger partial charge on any atom is -0.490 e. The van der Waals surface area contributed by atoms with Crippen LogP contribution in [-0.2, 0) is 12.0 Å². The van der Waals surface area contributed by atoms with Gasteiger partial charge in [-0.3, -0.25) is 0 Å². The second-order valence-electron chi connectivity index (χ2n) is 7.81. The highest BCUT2D eigenvalue weighted by Crippen LogP contribution is 2.37. The van der Waals surface area contributed by atoms with E-state index in [1.165, 1.54) is 11.1 Å². The smallest absolute Gasteiger partial charge is 0.179 e. The Balaban J connectivity index is 2.07. The summed E-state index contributed by atoms with van der Waals surface area (Å²) >= 11 is 6.43. The van der Waals surface area contributed by atoms with Crippen molar-refractivity contribution in [3.05, 3.63) is 52.0 Å². The predicted molar refractivity (Wildman–Crippen MR) is 116 cm³/mol. The SMILES string of the molecule is CCOc1cc(CNC)cc(Cl)c1OCCOc1cc(C)ccc1C(C)(C)C. The number of aryl methyl sites for hydroxylation is 1. The summed E-state index contributed by atoms with van der Waals surface area (Å²) in [5.41, 5.74) is 3.42. The van der Waals surface area contributed by atoms with Crippen molar-refractivity contribution >= 4 is 11.6 Å². The third kappa shape index (κ3) is 6.05. The molecule has 0 atom stereocenters. The molecule has 0 bridgehead atoms. The van der Waals surface area contributed by atoms with E-state index < -0.39 is 0 Å². The monoisotopic (exact) mass is 405 g/mol. The summed E-state index contributed by atoms with van der Waals surface area (Å²) in [5.74, 6) is 2.12. The van der Waals surface area contributed by atoms with Gasteiger partial charge in [-0.1, -0.05) is 44.5 Å². The average Bonchev–Trinajstić information content (AvgIpc) is 2.60. The number of nitrogens with one attached hydrogen (secondary N) is 1. The van der Waals surface area contributed by atoms with Gasteiger partial charge in [-0.05, 0) is 61.2 Å². The Hall–Kier alpha value is -1.91. The summed E-state index contributed by atoms with van der Waals surface area (Å²) in [6.45, 7) is 12.6. The fourth-order valence-electron chi connectivity index (χ4n) is 2.99. The Morgan fingerprint density at radius 1 is 0.964 bits per heavy atom. The van der Waals surface area contributed by atoms with Crippen LogP contribution in [0.1, 0.15) is 44.4 Å². The lowest BCUT2D eigenvalue weighted by atomic mass is 9.86. The first-order chi connectivity index (χ1) is 13.3. The van der Waals surface area contributed by atoms with E-state index in [0.29, 0.717) is 42.9 Å². The number of hydrogen-bond donors (Lipinski definition) is 1. The molecule has 0 aliphatic heterocycles. The van der Waals surface area contributed by atoms with Crippen LogP contribution in [-0.4, -0.2) is 26.9 Å². The van der Waals surface area contributed by atoms with E-state index in [0.717, 1.165) is 11.3 Å². The highest BCUT2D eigenvalue weighted by Gasteiger charge is 2.19. The van der Waals surface area contributed by atoms with Gasteiger partial charge in [-0.25, -0.2) is 0 Å². The van der Waals surface area contributed by atoms with Gasteiger partial charge in [-0.2, -0.15) is 0 Å². The van der Waals surface area contributed by atoms with E-state index in [1.807, 2.05) is 26.1 Å². The molecule has 1 N–H and O–H groups in total. The van der Waals surface area contributed by atoms with Crippen LogP contribution in [0.4, 0.5) is 0 Å². The number of halogens is 1. The van der Waals surface area contributed by atoms with E-state index in [1.54, 1.807) is 0 Å². The third-order valence-electron chi connectivity index (χ3n) is 4.28. The van der Waals surface area contributed by atoms with Crippen LogP contribution in [0.2, 0.25) is 5.02 Å². The molecule has 0 heterocycles. The van der Waals surface area contributed by atoms with Crippen LogP contribution in [0.25, 0.3) is 0 Å². The lowest BCUT2D eigenvalue weighted by Crippen LogP contribution is -2.16. The summed E-state index contributed by atoms with van der Waals surface area (Å²) in [7, 11) is 1.90. The van der Waals surface area contributed by atoms with E-state index in [-0.39, 0.29) is 5.41 Å². The lowest BCUT2D eigenvalue weighted by molar-refractivity contribution is 0.206. The van der Waals surface area contributed by atoms with Crippen molar-refractivity contribution in [1.29, 1.82) is 0 Å². The number of rotatable bonds is 9. The van der Waals surface area contributed by atoms with Gasteiger partial charge >= 0.3 is 0 Å². The summed E-state index contributed by atoms with van der Waals surface area (Å²) < 4.78 is 17.7. The molecule has 0 aromatic heterocycles. The van der Waals surface area contributed by atoms with Crippen LogP contribution in [0.3, 0.4) is 0 Å². The minimum absolute atomic E-state index is 0.0124. The summed E-state index contributed by atoms with van der Waals surface area (Å²) in [6.07, 6.45) is 0. The van der Waals surface area contributed by atoms with Crippen molar-refractivity contribution in [2.24, 2.45) is 0 Å². The Morgan fingerprint density at radius 2 is 1.68 bits per heavy atom. The van der Waals surface area contributed by atoms with Gasteiger partial charge in [0.15, 0.2) is 11.5 Å². The van der Waals surface area contributed by atoms with Gasteiger partial charge in [-0.15, -0.1) is 0 Å². The van der Waals surface area contributed by atoms with E-state index in [4.69, 9.17) is 25.8 Å². The molecule has 5 heteroatoms. The molecule has 0 saturated carbocycles. The Morgan fingerprint density at radius 3 is 2.32 bits per heavy atom. The molecule has 0 unspecified atom stereocenters. The molecular weight excluding hydrogens is 374 g/mol. The van der Waals surface area contributed by atoms with Crippen molar-refractivity contribution in [3.63, 3.8) is 0 Å². The van der Waals surface area contributed by atoms with Crippen LogP contribution in [0.5, 0.6) is 17.2 Å². The van der Waals surface area contributed by atoms with Gasteiger partial charge in [0, 0.05) is 6.54 Å². The van der Waals surface area contributed by atoms with Crippen LogP contribution in [0.15, 0.2) is 30.3 Å². The van der Waals surface area contributed by atoms with Crippen LogP contribution < -0.4 is 19.5 Å². The number of ether oxygens (including phenoxy) is 3. The minimum atomic E-state index is 0.0124. The second kappa shape index (κ2) is 10.0. The molecule has 0 amide bonds. The first kappa shape index (κ1) is 22.4. The van der Waals surface area contributed by atoms with Crippen LogP contribution >= 0.6 is 11.6 Å². The van der Waals surface area contributed by atoms with Crippen molar-refractivity contribution < 1.29 is 14.2 Å². The zero-order chi connectivity index (χ0) is 20.7. The molecule has 2 aromatic carbocycles. The molecule has 28 heavy (non-hydrogen) atoms. The lowest BCUT2D eigenvalue weighted by Gasteiger charge is -2.23. The molecule has 0 aliphatic rings.